The molecule has 164 valence electrons. The molecule has 7 heteroatoms. The lowest BCUT2D eigenvalue weighted by Crippen LogP contribution is -2.30. The minimum absolute atomic E-state index is 0.110. The zero-order chi connectivity index (χ0) is 22.2. The predicted octanol–water partition coefficient (Wildman–Crippen LogP) is 4.03. The number of carbonyl (C=O) groups is 2. The van der Waals surface area contributed by atoms with Crippen LogP contribution in [0.1, 0.15) is 49.3 Å². The van der Waals surface area contributed by atoms with Gasteiger partial charge in [-0.15, -0.1) is 0 Å². The molecule has 2 aromatic carbocycles. The predicted molar refractivity (Wildman–Crippen MR) is 119 cm³/mol. The molecule has 1 saturated carbocycles. The first-order valence-electron chi connectivity index (χ1n) is 10.9. The molecule has 1 aliphatic heterocycles. The molecule has 0 radical (unpaired) electrons. The molecule has 0 bridgehead atoms. The molecule has 0 aromatic heterocycles. The summed E-state index contributed by atoms with van der Waals surface area (Å²) in [4.78, 5) is 27.1. The van der Waals surface area contributed by atoms with Gasteiger partial charge in [0.2, 0.25) is 11.8 Å². The van der Waals surface area contributed by atoms with Gasteiger partial charge in [-0.25, -0.2) is 8.42 Å². The average molecular weight is 441 g/mol. The Morgan fingerprint density at radius 1 is 1.00 bits per heavy atom. The maximum absolute atomic E-state index is 13.2. The number of hydrogen-bond acceptors (Lipinski definition) is 4. The van der Waals surface area contributed by atoms with Crippen LogP contribution in [-0.4, -0.2) is 25.1 Å². The molecule has 1 N–H and O–H groups in total. The van der Waals surface area contributed by atoms with E-state index in [9.17, 15) is 18.0 Å². The highest BCUT2D eigenvalue weighted by atomic mass is 32.2. The summed E-state index contributed by atoms with van der Waals surface area (Å²) >= 11 is 0. The molecule has 4 rings (SSSR count). The molecular formula is C24H28N2O4S. The summed E-state index contributed by atoms with van der Waals surface area (Å²) in [7, 11) is -3.82. The lowest BCUT2D eigenvalue weighted by atomic mass is 9.81. The number of amides is 2. The van der Waals surface area contributed by atoms with Crippen LogP contribution < -0.4 is 4.72 Å². The summed E-state index contributed by atoms with van der Waals surface area (Å²) < 4.78 is 29.0. The van der Waals surface area contributed by atoms with E-state index in [2.05, 4.69) is 4.72 Å². The van der Waals surface area contributed by atoms with Gasteiger partial charge < -0.3 is 0 Å². The fraction of sp³-hybridized carbons (Fsp3) is 0.417. The van der Waals surface area contributed by atoms with Gasteiger partial charge in [0, 0.05) is 0 Å². The lowest BCUT2D eigenvalue weighted by Gasteiger charge is -2.19. The van der Waals surface area contributed by atoms with Gasteiger partial charge in [-0.2, -0.15) is 0 Å². The Balaban J connectivity index is 1.60. The highest BCUT2D eigenvalue weighted by Gasteiger charge is 2.47. The molecule has 2 atom stereocenters. The van der Waals surface area contributed by atoms with E-state index in [4.69, 9.17) is 0 Å². The zero-order valence-corrected chi connectivity index (χ0v) is 18.7. The van der Waals surface area contributed by atoms with Crippen LogP contribution >= 0.6 is 0 Å². The van der Waals surface area contributed by atoms with E-state index in [1.54, 1.807) is 37.3 Å². The third-order valence-corrected chi connectivity index (χ3v) is 7.97. The Labute approximate surface area is 183 Å². The minimum atomic E-state index is -3.82. The first kappa shape index (κ1) is 21.6. The van der Waals surface area contributed by atoms with Crippen molar-refractivity contribution in [2.75, 3.05) is 4.72 Å². The second-order valence-electron chi connectivity index (χ2n) is 8.48. The van der Waals surface area contributed by atoms with Crippen molar-refractivity contribution in [3.8, 4) is 0 Å². The molecule has 2 fully saturated rings. The number of para-hydroxylation sites is 1. The quantitative estimate of drug-likeness (QED) is 0.688. The number of nitrogens with one attached hydrogen (secondary N) is 1. The number of carbonyl (C=O) groups excluding carboxylic acids is 2. The van der Waals surface area contributed by atoms with Gasteiger partial charge in [-0.3, -0.25) is 19.2 Å². The SMILES string of the molecule is CCc1ccccc1NS(=O)(=O)c1cc(CN2C(=O)[C@@H]3CCCC[C@H]3C2=O)ccc1C. The van der Waals surface area contributed by atoms with Gasteiger partial charge in [-0.1, -0.05) is 50.1 Å². The molecule has 6 nitrogen and oxygen atoms in total. The molecule has 1 heterocycles. The number of hydrogen-bond donors (Lipinski definition) is 1. The van der Waals surface area contributed by atoms with Crippen molar-refractivity contribution in [1.82, 2.24) is 4.90 Å². The number of imide groups is 1. The number of rotatable bonds is 6. The topological polar surface area (TPSA) is 83.6 Å². The van der Waals surface area contributed by atoms with Crippen LogP contribution in [0.15, 0.2) is 47.4 Å². The van der Waals surface area contributed by atoms with Crippen LogP contribution in [0.25, 0.3) is 0 Å². The number of anilines is 1. The summed E-state index contributed by atoms with van der Waals surface area (Å²) in [6.07, 6.45) is 4.19. The molecule has 31 heavy (non-hydrogen) atoms. The van der Waals surface area contributed by atoms with Crippen molar-refractivity contribution >= 4 is 27.5 Å². The molecule has 2 aliphatic rings. The van der Waals surface area contributed by atoms with Crippen molar-refractivity contribution in [1.29, 1.82) is 0 Å². The Morgan fingerprint density at radius 3 is 2.29 bits per heavy atom. The van der Waals surface area contributed by atoms with E-state index >= 15 is 0 Å². The van der Waals surface area contributed by atoms with Crippen LogP contribution in [0.4, 0.5) is 5.69 Å². The van der Waals surface area contributed by atoms with Gasteiger partial charge in [0.1, 0.15) is 0 Å². The van der Waals surface area contributed by atoms with Crippen LogP contribution in [0.5, 0.6) is 0 Å². The van der Waals surface area contributed by atoms with Crippen LogP contribution in [-0.2, 0) is 32.6 Å². The summed E-state index contributed by atoms with van der Waals surface area (Å²) in [6.45, 7) is 3.82. The van der Waals surface area contributed by atoms with E-state index in [0.717, 1.165) is 31.2 Å². The molecule has 0 unspecified atom stereocenters. The second kappa shape index (κ2) is 8.46. The van der Waals surface area contributed by atoms with Crippen molar-refractivity contribution < 1.29 is 18.0 Å². The average Bonchev–Trinajstić information content (AvgIpc) is 3.00. The Bertz CT molecular complexity index is 1100. The highest BCUT2D eigenvalue weighted by molar-refractivity contribution is 7.92. The van der Waals surface area contributed by atoms with E-state index in [0.29, 0.717) is 23.2 Å². The highest BCUT2D eigenvalue weighted by Crippen LogP contribution is 2.38. The Kier molecular flexibility index (Phi) is 5.88. The van der Waals surface area contributed by atoms with Crippen molar-refractivity contribution in [2.45, 2.75) is 57.4 Å². The first-order chi connectivity index (χ1) is 14.8. The Morgan fingerprint density at radius 2 is 1.65 bits per heavy atom. The monoisotopic (exact) mass is 440 g/mol. The number of likely N-dealkylation sites (tertiary alicyclic amines) is 1. The maximum atomic E-state index is 13.2. The lowest BCUT2D eigenvalue weighted by molar-refractivity contribution is -0.140. The third kappa shape index (κ3) is 4.11. The number of aryl methyl sites for hydroxylation is 2. The second-order valence-corrected chi connectivity index (χ2v) is 10.1. The number of fused-ring (bicyclic) bond motifs is 1. The fourth-order valence-electron chi connectivity index (χ4n) is 4.73. The standard InChI is InChI=1S/C24H28N2O4S/c1-3-18-8-4-7-11-21(18)25-31(29,30)22-14-17(13-12-16(22)2)15-26-23(27)19-9-5-6-10-20(19)24(26)28/h4,7-8,11-14,19-20,25H,3,5-6,9-10,15H2,1-2H3/t19-,20-/m1/s1. The smallest absolute Gasteiger partial charge is 0.262 e. The van der Waals surface area contributed by atoms with Gasteiger partial charge in [-0.05, 0) is 55.0 Å². The maximum Gasteiger partial charge on any atom is 0.262 e. The van der Waals surface area contributed by atoms with Crippen molar-refractivity contribution in [3.05, 3.63) is 59.2 Å². The summed E-state index contributed by atoms with van der Waals surface area (Å²) in [6, 6.07) is 12.4. The first-order valence-corrected chi connectivity index (χ1v) is 12.4. The summed E-state index contributed by atoms with van der Waals surface area (Å²) in [5.41, 5.74) is 2.72. The largest absolute Gasteiger partial charge is 0.279 e. The number of nitrogens with zero attached hydrogens (tertiary/aromatic N) is 1. The molecule has 2 amide bonds. The van der Waals surface area contributed by atoms with E-state index < -0.39 is 10.0 Å². The van der Waals surface area contributed by atoms with Crippen LogP contribution in [0.2, 0.25) is 0 Å². The van der Waals surface area contributed by atoms with Gasteiger partial charge >= 0.3 is 0 Å². The number of sulfonamides is 1. The fourth-order valence-corrected chi connectivity index (χ4v) is 6.13. The zero-order valence-electron chi connectivity index (χ0n) is 17.9. The normalized spacial score (nSPS) is 21.3. The van der Waals surface area contributed by atoms with Crippen molar-refractivity contribution in [2.24, 2.45) is 11.8 Å². The number of benzene rings is 2. The summed E-state index contributed by atoms with van der Waals surface area (Å²) in [5.74, 6) is -0.645. The molecule has 2 aromatic rings. The molecule has 0 spiro atoms. The van der Waals surface area contributed by atoms with Crippen molar-refractivity contribution in [3.63, 3.8) is 0 Å². The van der Waals surface area contributed by atoms with Gasteiger partial charge in [0.15, 0.2) is 0 Å². The molecule has 1 saturated heterocycles. The minimum Gasteiger partial charge on any atom is -0.279 e. The molecule has 1 aliphatic carbocycles. The van der Waals surface area contributed by atoms with E-state index in [-0.39, 0.29) is 35.1 Å². The van der Waals surface area contributed by atoms with Crippen LogP contribution in [0.3, 0.4) is 0 Å². The van der Waals surface area contributed by atoms with Gasteiger partial charge in [0.25, 0.3) is 10.0 Å². The molecular weight excluding hydrogens is 412 g/mol. The van der Waals surface area contributed by atoms with Gasteiger partial charge in [0.05, 0.1) is 29.0 Å². The van der Waals surface area contributed by atoms with E-state index in [1.807, 2.05) is 19.1 Å². The summed E-state index contributed by atoms with van der Waals surface area (Å²) in [5, 5.41) is 0. The Hall–Kier alpha value is -2.67. The van der Waals surface area contributed by atoms with E-state index in [1.165, 1.54) is 4.90 Å². The van der Waals surface area contributed by atoms with Crippen LogP contribution in [0, 0.1) is 18.8 Å². The third-order valence-electron chi connectivity index (χ3n) is 6.46.